The maximum atomic E-state index is 12.0. The number of nitrogens with one attached hydrogen (secondary N) is 2. The molecule has 116 valence electrons. The predicted octanol–water partition coefficient (Wildman–Crippen LogP) is 2.91. The molecule has 0 aliphatic rings. The summed E-state index contributed by atoms with van der Waals surface area (Å²) >= 11 is 0. The second-order valence-electron chi connectivity index (χ2n) is 4.96. The number of benzene rings is 1. The Balaban J connectivity index is 1.80. The normalized spacial score (nSPS) is 10.2. The van der Waals surface area contributed by atoms with Crippen molar-refractivity contribution in [3.63, 3.8) is 0 Å². The highest BCUT2D eigenvalue weighted by Gasteiger charge is 2.05. The fourth-order valence-corrected chi connectivity index (χ4v) is 2.00. The molecule has 0 spiro atoms. The van der Waals surface area contributed by atoms with Crippen molar-refractivity contribution in [2.24, 2.45) is 0 Å². The molecule has 1 amide bonds. The van der Waals surface area contributed by atoms with Crippen molar-refractivity contribution >= 4 is 17.4 Å². The number of hydrogen-bond donors (Lipinski definition) is 3. The molecule has 22 heavy (non-hydrogen) atoms. The number of amides is 1. The molecule has 0 unspecified atom stereocenters. The van der Waals surface area contributed by atoms with E-state index in [1.165, 1.54) is 0 Å². The molecule has 0 atom stereocenters. The standard InChI is InChI=1S/C17H21N3O2/c21-12-6-2-5-11-18-16-10-9-15(13-19-16)20-17(22)14-7-3-1-4-8-14/h1,3-4,7-10,13,21H,2,5-6,11-12H2,(H,18,19)(H,20,22). The van der Waals surface area contributed by atoms with Crippen molar-refractivity contribution in [2.45, 2.75) is 19.3 Å². The molecular formula is C17H21N3O2. The van der Waals surface area contributed by atoms with Gasteiger partial charge in [-0.3, -0.25) is 4.79 Å². The van der Waals surface area contributed by atoms with E-state index in [9.17, 15) is 4.79 Å². The van der Waals surface area contributed by atoms with Gasteiger partial charge in [0.25, 0.3) is 5.91 Å². The minimum Gasteiger partial charge on any atom is -0.396 e. The number of carbonyl (C=O) groups excluding carboxylic acids is 1. The number of nitrogens with zero attached hydrogens (tertiary/aromatic N) is 1. The summed E-state index contributed by atoms with van der Waals surface area (Å²) in [6, 6.07) is 12.7. The maximum absolute atomic E-state index is 12.0. The highest BCUT2D eigenvalue weighted by atomic mass is 16.2. The minimum atomic E-state index is -0.146. The molecule has 0 fully saturated rings. The summed E-state index contributed by atoms with van der Waals surface area (Å²) in [7, 11) is 0. The number of aliphatic hydroxyl groups excluding tert-OH is 1. The molecule has 2 rings (SSSR count). The number of rotatable bonds is 8. The summed E-state index contributed by atoms with van der Waals surface area (Å²) in [6.07, 6.45) is 4.46. The highest BCUT2D eigenvalue weighted by Crippen LogP contribution is 2.11. The van der Waals surface area contributed by atoms with Crippen LogP contribution >= 0.6 is 0 Å². The molecule has 1 heterocycles. The lowest BCUT2D eigenvalue weighted by Crippen LogP contribution is -2.12. The number of aliphatic hydroxyl groups is 1. The lowest BCUT2D eigenvalue weighted by atomic mass is 10.2. The zero-order valence-electron chi connectivity index (χ0n) is 12.5. The highest BCUT2D eigenvalue weighted by molar-refractivity contribution is 6.04. The molecule has 5 heteroatoms. The van der Waals surface area contributed by atoms with Crippen LogP contribution in [0.3, 0.4) is 0 Å². The topological polar surface area (TPSA) is 74.2 Å². The van der Waals surface area contributed by atoms with Gasteiger partial charge in [-0.25, -0.2) is 4.98 Å². The van der Waals surface area contributed by atoms with E-state index in [4.69, 9.17) is 5.11 Å². The molecule has 1 aromatic heterocycles. The van der Waals surface area contributed by atoms with Crippen molar-refractivity contribution in [1.29, 1.82) is 0 Å². The number of anilines is 2. The van der Waals surface area contributed by atoms with E-state index in [-0.39, 0.29) is 12.5 Å². The van der Waals surface area contributed by atoms with E-state index in [0.29, 0.717) is 11.3 Å². The molecule has 0 aliphatic heterocycles. The molecule has 0 saturated heterocycles. The Labute approximate surface area is 130 Å². The third kappa shape index (κ3) is 5.18. The van der Waals surface area contributed by atoms with Crippen LogP contribution in [0.1, 0.15) is 29.6 Å². The van der Waals surface area contributed by atoms with Gasteiger partial charge in [-0.2, -0.15) is 0 Å². The van der Waals surface area contributed by atoms with Crippen molar-refractivity contribution in [3.8, 4) is 0 Å². The van der Waals surface area contributed by atoms with Gasteiger partial charge in [-0.05, 0) is 43.5 Å². The number of aromatic nitrogens is 1. The van der Waals surface area contributed by atoms with E-state index in [2.05, 4.69) is 15.6 Å². The third-order valence-electron chi connectivity index (χ3n) is 3.20. The van der Waals surface area contributed by atoms with Gasteiger partial charge in [0.05, 0.1) is 11.9 Å². The first-order valence-electron chi connectivity index (χ1n) is 7.47. The smallest absolute Gasteiger partial charge is 0.255 e. The predicted molar refractivity (Wildman–Crippen MR) is 88.1 cm³/mol. The Kier molecular flexibility index (Phi) is 6.39. The monoisotopic (exact) mass is 299 g/mol. The summed E-state index contributed by atoms with van der Waals surface area (Å²) in [5.41, 5.74) is 1.29. The van der Waals surface area contributed by atoms with Crippen LogP contribution in [0.25, 0.3) is 0 Å². The summed E-state index contributed by atoms with van der Waals surface area (Å²) in [5, 5.41) is 14.7. The number of unbranched alkanes of at least 4 members (excludes halogenated alkanes) is 2. The zero-order chi connectivity index (χ0) is 15.6. The van der Waals surface area contributed by atoms with E-state index < -0.39 is 0 Å². The first kappa shape index (κ1) is 16.0. The molecule has 2 aromatic rings. The summed E-state index contributed by atoms with van der Waals surface area (Å²) in [5.74, 6) is 0.633. The molecule has 0 bridgehead atoms. The Morgan fingerprint density at radius 2 is 1.86 bits per heavy atom. The molecule has 0 radical (unpaired) electrons. The number of hydrogen-bond acceptors (Lipinski definition) is 4. The Hall–Kier alpha value is -2.40. The van der Waals surface area contributed by atoms with Crippen molar-refractivity contribution in [1.82, 2.24) is 4.98 Å². The van der Waals surface area contributed by atoms with Crippen LogP contribution < -0.4 is 10.6 Å². The van der Waals surface area contributed by atoms with Gasteiger partial charge in [0.2, 0.25) is 0 Å². The van der Waals surface area contributed by atoms with Crippen molar-refractivity contribution in [2.75, 3.05) is 23.8 Å². The van der Waals surface area contributed by atoms with Gasteiger partial charge in [0.1, 0.15) is 5.82 Å². The Morgan fingerprint density at radius 3 is 2.55 bits per heavy atom. The van der Waals surface area contributed by atoms with Crippen LogP contribution in [-0.4, -0.2) is 29.1 Å². The van der Waals surface area contributed by atoms with Crippen LogP contribution in [0.2, 0.25) is 0 Å². The van der Waals surface area contributed by atoms with Crippen molar-refractivity contribution < 1.29 is 9.90 Å². The summed E-state index contributed by atoms with van der Waals surface area (Å²) in [4.78, 5) is 16.3. The lowest BCUT2D eigenvalue weighted by molar-refractivity contribution is 0.102. The number of pyridine rings is 1. The maximum Gasteiger partial charge on any atom is 0.255 e. The molecule has 5 nitrogen and oxygen atoms in total. The molecule has 3 N–H and O–H groups in total. The minimum absolute atomic E-state index is 0.146. The van der Waals surface area contributed by atoms with Crippen LogP contribution in [0, 0.1) is 0 Å². The fraction of sp³-hybridized carbons (Fsp3) is 0.294. The van der Waals surface area contributed by atoms with Crippen LogP contribution in [0.5, 0.6) is 0 Å². The quantitative estimate of drug-likeness (QED) is 0.655. The second kappa shape index (κ2) is 8.79. The van der Waals surface area contributed by atoms with Gasteiger partial charge >= 0.3 is 0 Å². The van der Waals surface area contributed by atoms with E-state index in [1.54, 1.807) is 18.3 Å². The van der Waals surface area contributed by atoms with Crippen LogP contribution in [-0.2, 0) is 0 Å². The average molecular weight is 299 g/mol. The summed E-state index contributed by atoms with van der Waals surface area (Å²) < 4.78 is 0. The van der Waals surface area contributed by atoms with Crippen LogP contribution in [0.15, 0.2) is 48.7 Å². The first-order valence-corrected chi connectivity index (χ1v) is 7.47. The third-order valence-corrected chi connectivity index (χ3v) is 3.20. The van der Waals surface area contributed by atoms with E-state index >= 15 is 0 Å². The average Bonchev–Trinajstić information content (AvgIpc) is 2.57. The van der Waals surface area contributed by atoms with Gasteiger partial charge < -0.3 is 15.7 Å². The first-order chi connectivity index (χ1) is 10.8. The zero-order valence-corrected chi connectivity index (χ0v) is 12.5. The molecular weight excluding hydrogens is 278 g/mol. The molecule has 1 aromatic carbocycles. The number of carbonyl (C=O) groups is 1. The van der Waals surface area contributed by atoms with E-state index in [1.807, 2.05) is 30.3 Å². The van der Waals surface area contributed by atoms with Gasteiger partial charge in [0, 0.05) is 18.7 Å². The SMILES string of the molecule is O=C(Nc1ccc(NCCCCCO)nc1)c1ccccc1. The van der Waals surface area contributed by atoms with Crippen molar-refractivity contribution in [3.05, 3.63) is 54.2 Å². The van der Waals surface area contributed by atoms with Crippen LogP contribution in [0.4, 0.5) is 11.5 Å². The fourth-order valence-electron chi connectivity index (χ4n) is 2.00. The molecule has 0 saturated carbocycles. The van der Waals surface area contributed by atoms with Gasteiger partial charge in [-0.15, -0.1) is 0 Å². The van der Waals surface area contributed by atoms with Gasteiger partial charge in [0.15, 0.2) is 0 Å². The Morgan fingerprint density at radius 1 is 1.05 bits per heavy atom. The lowest BCUT2D eigenvalue weighted by Gasteiger charge is -2.07. The van der Waals surface area contributed by atoms with E-state index in [0.717, 1.165) is 31.6 Å². The second-order valence-corrected chi connectivity index (χ2v) is 4.96. The largest absolute Gasteiger partial charge is 0.396 e. The summed E-state index contributed by atoms with van der Waals surface area (Å²) in [6.45, 7) is 1.07. The van der Waals surface area contributed by atoms with Gasteiger partial charge in [-0.1, -0.05) is 18.2 Å². The molecule has 0 aliphatic carbocycles. The Bertz CT molecular complexity index is 570.